The number of nitrogens with zero attached hydrogens (tertiary/aromatic N) is 1. The van der Waals surface area contributed by atoms with Gasteiger partial charge in [0, 0.05) is 12.6 Å². The number of ether oxygens (including phenoxy) is 1. The van der Waals surface area contributed by atoms with Crippen LogP contribution in [-0.2, 0) is 14.8 Å². The Kier molecular flexibility index (Phi) is 5.05. The highest BCUT2D eigenvalue weighted by atomic mass is 35.5. The molecule has 1 aromatic rings. The number of nitrogens with one attached hydrogen (secondary N) is 1. The first-order valence-electron chi connectivity index (χ1n) is 4.59. The Morgan fingerprint density at radius 1 is 1.63 bits per heavy atom. The lowest BCUT2D eigenvalue weighted by molar-refractivity contribution is -0.384. The van der Waals surface area contributed by atoms with Crippen molar-refractivity contribution in [2.75, 3.05) is 13.2 Å². The van der Waals surface area contributed by atoms with E-state index in [-0.39, 0.29) is 21.7 Å². The standard InChI is InChI=1S/C7H8ClN3O6S2/c8-6-4(11(13)14)3-5(18-6)19(15,16)10-1-2-17-7(9)12/h3,10H,1-2H2,(H2,9,12). The monoisotopic (exact) mass is 329 g/mol. The van der Waals surface area contributed by atoms with Gasteiger partial charge in [0.15, 0.2) is 4.34 Å². The van der Waals surface area contributed by atoms with Crippen LogP contribution in [0.2, 0.25) is 4.34 Å². The van der Waals surface area contributed by atoms with Crippen LogP contribution in [0.1, 0.15) is 0 Å². The SMILES string of the molecule is NC(=O)OCCNS(=O)(=O)c1cc([N+](=O)[O-])c(Cl)s1. The number of hydrogen-bond donors (Lipinski definition) is 2. The van der Waals surface area contributed by atoms with Crippen molar-refractivity contribution in [1.82, 2.24) is 4.72 Å². The lowest BCUT2D eigenvalue weighted by Crippen LogP contribution is -2.28. The van der Waals surface area contributed by atoms with Crippen molar-refractivity contribution in [2.45, 2.75) is 4.21 Å². The number of hydrogen-bond acceptors (Lipinski definition) is 7. The summed E-state index contributed by atoms with van der Waals surface area (Å²) in [5, 5.41) is 10.5. The molecule has 0 aliphatic carbocycles. The Hall–Kier alpha value is -1.43. The zero-order chi connectivity index (χ0) is 14.6. The van der Waals surface area contributed by atoms with Crippen LogP contribution in [-0.4, -0.2) is 32.6 Å². The molecule has 0 fully saturated rings. The summed E-state index contributed by atoms with van der Waals surface area (Å²) in [6.07, 6.45) is -1.03. The lowest BCUT2D eigenvalue weighted by atomic mass is 10.6. The molecule has 0 aliphatic heterocycles. The predicted octanol–water partition coefficient (Wildman–Crippen LogP) is 0.683. The van der Waals surface area contributed by atoms with Crippen molar-refractivity contribution in [2.24, 2.45) is 5.73 Å². The van der Waals surface area contributed by atoms with Gasteiger partial charge in [-0.25, -0.2) is 17.9 Å². The maximum Gasteiger partial charge on any atom is 0.404 e. The summed E-state index contributed by atoms with van der Waals surface area (Å²) in [5.74, 6) is 0. The highest BCUT2D eigenvalue weighted by molar-refractivity contribution is 7.91. The van der Waals surface area contributed by atoms with Gasteiger partial charge in [0.1, 0.15) is 10.8 Å². The average Bonchev–Trinajstić information content (AvgIpc) is 2.67. The fourth-order valence-electron chi connectivity index (χ4n) is 0.994. The van der Waals surface area contributed by atoms with Crippen molar-refractivity contribution >= 4 is 44.7 Å². The van der Waals surface area contributed by atoms with Crippen LogP contribution in [0.5, 0.6) is 0 Å². The number of halogens is 1. The molecule has 0 spiro atoms. The molecular weight excluding hydrogens is 322 g/mol. The fourth-order valence-corrected chi connectivity index (χ4v) is 3.72. The second kappa shape index (κ2) is 6.14. The maximum absolute atomic E-state index is 11.7. The zero-order valence-electron chi connectivity index (χ0n) is 9.16. The third-order valence-electron chi connectivity index (χ3n) is 1.75. The van der Waals surface area contributed by atoms with Crippen LogP contribution in [0.4, 0.5) is 10.5 Å². The van der Waals surface area contributed by atoms with Gasteiger partial charge in [-0.05, 0) is 0 Å². The van der Waals surface area contributed by atoms with E-state index in [1.165, 1.54) is 0 Å². The Labute approximate surface area is 116 Å². The van der Waals surface area contributed by atoms with Gasteiger partial charge in [0.05, 0.1) is 4.92 Å². The largest absolute Gasteiger partial charge is 0.448 e. The summed E-state index contributed by atoms with van der Waals surface area (Å²) in [5.41, 5.74) is 4.20. The summed E-state index contributed by atoms with van der Waals surface area (Å²) >= 11 is 6.10. The smallest absolute Gasteiger partial charge is 0.404 e. The second-order valence-corrected chi connectivity index (χ2v) is 6.69. The van der Waals surface area contributed by atoms with Crippen molar-refractivity contribution in [3.8, 4) is 0 Å². The van der Waals surface area contributed by atoms with Crippen molar-refractivity contribution in [3.63, 3.8) is 0 Å². The summed E-state index contributed by atoms with van der Waals surface area (Å²) in [6.45, 7) is -0.468. The Bertz CT molecular complexity index is 598. The molecule has 1 heterocycles. The number of nitrogens with two attached hydrogens (primary N) is 1. The number of carbonyl (C=O) groups excluding carboxylic acids is 1. The first-order valence-corrected chi connectivity index (χ1v) is 7.27. The van der Waals surface area contributed by atoms with E-state index in [0.29, 0.717) is 11.3 Å². The van der Waals surface area contributed by atoms with Crippen molar-refractivity contribution in [1.29, 1.82) is 0 Å². The van der Waals surface area contributed by atoms with Gasteiger partial charge in [0.25, 0.3) is 5.69 Å². The predicted molar refractivity (Wildman–Crippen MR) is 66.7 cm³/mol. The van der Waals surface area contributed by atoms with Gasteiger partial charge in [0.2, 0.25) is 10.0 Å². The minimum absolute atomic E-state index is 0.214. The fraction of sp³-hybridized carbons (Fsp3) is 0.286. The van der Waals surface area contributed by atoms with E-state index >= 15 is 0 Å². The molecule has 0 atom stereocenters. The van der Waals surface area contributed by atoms with Crippen LogP contribution >= 0.6 is 22.9 Å². The van der Waals surface area contributed by atoms with E-state index in [2.05, 4.69) is 15.2 Å². The van der Waals surface area contributed by atoms with Gasteiger partial charge >= 0.3 is 6.09 Å². The van der Waals surface area contributed by atoms with Gasteiger partial charge in [-0.2, -0.15) is 0 Å². The van der Waals surface area contributed by atoms with Crippen LogP contribution in [0.15, 0.2) is 10.3 Å². The molecule has 12 heteroatoms. The molecule has 0 unspecified atom stereocenters. The number of sulfonamides is 1. The minimum atomic E-state index is -3.95. The molecule has 0 saturated heterocycles. The van der Waals surface area contributed by atoms with Crippen LogP contribution in [0, 0.1) is 10.1 Å². The molecular formula is C7H8ClN3O6S2. The molecule has 9 nitrogen and oxygen atoms in total. The molecule has 0 radical (unpaired) electrons. The quantitative estimate of drug-likeness (QED) is 0.446. The molecule has 19 heavy (non-hydrogen) atoms. The first kappa shape index (κ1) is 15.6. The zero-order valence-corrected chi connectivity index (χ0v) is 11.5. The number of primary amides is 1. The highest BCUT2D eigenvalue weighted by Crippen LogP contribution is 2.35. The van der Waals surface area contributed by atoms with E-state index in [1.54, 1.807) is 0 Å². The molecule has 0 saturated carbocycles. The Morgan fingerprint density at radius 3 is 2.74 bits per heavy atom. The Balaban J connectivity index is 2.75. The van der Waals surface area contributed by atoms with E-state index in [0.717, 1.165) is 6.07 Å². The van der Waals surface area contributed by atoms with E-state index in [4.69, 9.17) is 11.6 Å². The van der Waals surface area contributed by atoms with E-state index in [1.807, 2.05) is 0 Å². The van der Waals surface area contributed by atoms with Gasteiger partial charge in [-0.3, -0.25) is 10.1 Å². The molecule has 3 N–H and O–H groups in total. The molecule has 106 valence electrons. The van der Waals surface area contributed by atoms with E-state index in [9.17, 15) is 23.3 Å². The molecule has 0 aromatic carbocycles. The topological polar surface area (TPSA) is 142 Å². The number of nitro groups is 1. The van der Waals surface area contributed by atoms with E-state index < -0.39 is 26.7 Å². The van der Waals surface area contributed by atoms with Crippen LogP contribution < -0.4 is 10.5 Å². The molecule has 1 rings (SSSR count). The van der Waals surface area contributed by atoms with Gasteiger partial charge < -0.3 is 10.5 Å². The number of thiophene rings is 1. The van der Waals surface area contributed by atoms with Gasteiger partial charge in [-0.15, -0.1) is 11.3 Å². The minimum Gasteiger partial charge on any atom is -0.448 e. The molecule has 0 aliphatic rings. The first-order chi connectivity index (χ1) is 8.74. The van der Waals surface area contributed by atoms with Crippen LogP contribution in [0.3, 0.4) is 0 Å². The third kappa shape index (κ3) is 4.31. The number of rotatable bonds is 6. The third-order valence-corrected chi connectivity index (χ3v) is 5.02. The number of amides is 1. The second-order valence-electron chi connectivity index (χ2n) is 3.05. The normalized spacial score (nSPS) is 11.2. The van der Waals surface area contributed by atoms with Gasteiger partial charge in [-0.1, -0.05) is 11.6 Å². The lowest BCUT2D eigenvalue weighted by Gasteiger charge is -2.03. The summed E-state index contributed by atoms with van der Waals surface area (Å²) in [6, 6.07) is 0.851. The maximum atomic E-state index is 11.7. The molecule has 0 bridgehead atoms. The summed E-state index contributed by atoms with van der Waals surface area (Å²) < 4.78 is 29.3. The van der Waals surface area contributed by atoms with Crippen LogP contribution in [0.25, 0.3) is 0 Å². The van der Waals surface area contributed by atoms with Crippen molar-refractivity contribution in [3.05, 3.63) is 20.5 Å². The average molecular weight is 330 g/mol. The number of carbonyl (C=O) groups is 1. The molecule has 1 aromatic heterocycles. The Morgan fingerprint density at radius 2 is 2.26 bits per heavy atom. The molecule has 1 amide bonds. The summed E-state index contributed by atoms with van der Waals surface area (Å²) in [4.78, 5) is 20.0. The highest BCUT2D eigenvalue weighted by Gasteiger charge is 2.24. The van der Waals surface area contributed by atoms with Crippen molar-refractivity contribution < 1.29 is 22.9 Å². The summed E-state index contributed by atoms with van der Waals surface area (Å²) in [7, 11) is -3.95.